The van der Waals surface area contributed by atoms with E-state index in [0.717, 1.165) is 12.2 Å². The molecule has 2 heterocycles. The Morgan fingerprint density at radius 3 is 2.76 bits per heavy atom. The zero-order valence-corrected chi connectivity index (χ0v) is 11.7. The molecule has 0 radical (unpaired) electrons. The predicted octanol–water partition coefficient (Wildman–Crippen LogP) is 1.04. The van der Waals surface area contributed by atoms with Crippen molar-refractivity contribution >= 4 is 17.7 Å². The van der Waals surface area contributed by atoms with Crippen LogP contribution in [0, 0.1) is 5.92 Å². The van der Waals surface area contributed by atoms with E-state index in [9.17, 15) is 14.4 Å². The Balaban J connectivity index is 1.36. The van der Waals surface area contributed by atoms with Gasteiger partial charge >= 0.3 is 0 Å². The van der Waals surface area contributed by atoms with Crippen LogP contribution in [0.2, 0.25) is 0 Å². The van der Waals surface area contributed by atoms with Gasteiger partial charge in [0.15, 0.2) is 0 Å². The summed E-state index contributed by atoms with van der Waals surface area (Å²) < 4.78 is 5.29. The number of imide groups is 1. The summed E-state index contributed by atoms with van der Waals surface area (Å²) in [7, 11) is 0. The van der Waals surface area contributed by atoms with Gasteiger partial charge in [-0.25, -0.2) is 0 Å². The number of likely N-dealkylation sites (tertiary alicyclic amines) is 1. The molecule has 1 aliphatic heterocycles. The summed E-state index contributed by atoms with van der Waals surface area (Å²) in [5.41, 5.74) is 0. The lowest BCUT2D eigenvalue weighted by Crippen LogP contribution is -2.33. The Morgan fingerprint density at radius 1 is 1.33 bits per heavy atom. The van der Waals surface area contributed by atoms with Crippen molar-refractivity contribution in [1.82, 2.24) is 10.2 Å². The number of rotatable bonds is 6. The third kappa shape index (κ3) is 2.99. The highest BCUT2D eigenvalue weighted by molar-refractivity contribution is 6.01. The molecule has 0 bridgehead atoms. The van der Waals surface area contributed by atoms with Crippen molar-refractivity contribution in [2.45, 2.75) is 31.6 Å². The second-order valence-corrected chi connectivity index (χ2v) is 5.55. The zero-order valence-electron chi connectivity index (χ0n) is 11.7. The second-order valence-electron chi connectivity index (χ2n) is 5.55. The predicted molar refractivity (Wildman–Crippen MR) is 73.1 cm³/mol. The first kappa shape index (κ1) is 13.9. The fraction of sp³-hybridized carbons (Fsp3) is 0.533. The van der Waals surface area contributed by atoms with Gasteiger partial charge in [0.25, 0.3) is 0 Å². The number of carbonyl (C=O) groups excluding carboxylic acids is 3. The van der Waals surface area contributed by atoms with Crippen molar-refractivity contribution in [2.75, 3.05) is 13.1 Å². The third-order valence-corrected chi connectivity index (χ3v) is 4.05. The Labute approximate surface area is 122 Å². The highest BCUT2D eigenvalue weighted by atomic mass is 16.3. The van der Waals surface area contributed by atoms with E-state index in [1.165, 1.54) is 4.90 Å². The summed E-state index contributed by atoms with van der Waals surface area (Å²) in [4.78, 5) is 36.0. The van der Waals surface area contributed by atoms with Crippen LogP contribution >= 0.6 is 0 Å². The summed E-state index contributed by atoms with van der Waals surface area (Å²) in [6.07, 6.45) is 3.67. The monoisotopic (exact) mass is 290 g/mol. The molecule has 1 aliphatic carbocycles. The number of amides is 3. The van der Waals surface area contributed by atoms with E-state index < -0.39 is 0 Å². The number of nitrogens with zero attached hydrogens (tertiary/aromatic N) is 1. The molecule has 3 amide bonds. The fourth-order valence-electron chi connectivity index (χ4n) is 2.75. The molecule has 2 aliphatic rings. The van der Waals surface area contributed by atoms with E-state index in [2.05, 4.69) is 5.32 Å². The molecule has 3 rings (SSSR count). The van der Waals surface area contributed by atoms with Crippen LogP contribution in [-0.4, -0.2) is 35.7 Å². The minimum absolute atomic E-state index is 0.00815. The molecule has 6 heteroatoms. The molecule has 1 saturated carbocycles. The van der Waals surface area contributed by atoms with Crippen molar-refractivity contribution in [2.24, 2.45) is 5.92 Å². The molecule has 1 N–H and O–H groups in total. The smallest absolute Gasteiger partial charge is 0.229 e. The van der Waals surface area contributed by atoms with E-state index in [1.54, 1.807) is 6.26 Å². The topological polar surface area (TPSA) is 79.6 Å². The van der Waals surface area contributed by atoms with Crippen molar-refractivity contribution in [3.05, 3.63) is 24.2 Å². The Morgan fingerprint density at radius 2 is 2.10 bits per heavy atom. The summed E-state index contributed by atoms with van der Waals surface area (Å²) in [5, 5.41) is 2.86. The van der Waals surface area contributed by atoms with Crippen LogP contribution in [0.4, 0.5) is 0 Å². The molecule has 0 aromatic carbocycles. The standard InChI is InChI=1S/C15H18N2O4/c18-13-4-5-14(19)17(13)7-2-6-16-15(20)11-9-10(11)12-3-1-8-21-12/h1,3,8,10-11H,2,4-7,9H2,(H,16,20)/t10-,11+/m1/s1. The van der Waals surface area contributed by atoms with Gasteiger partial charge in [0.1, 0.15) is 5.76 Å². The van der Waals surface area contributed by atoms with Crippen LogP contribution in [0.1, 0.15) is 37.4 Å². The molecular formula is C15H18N2O4. The molecule has 21 heavy (non-hydrogen) atoms. The zero-order chi connectivity index (χ0) is 14.8. The maximum Gasteiger partial charge on any atom is 0.229 e. The Bertz CT molecular complexity index is 536. The number of hydrogen-bond acceptors (Lipinski definition) is 4. The van der Waals surface area contributed by atoms with E-state index in [4.69, 9.17) is 4.42 Å². The molecule has 112 valence electrons. The Hall–Kier alpha value is -2.11. The van der Waals surface area contributed by atoms with Crippen molar-refractivity contribution < 1.29 is 18.8 Å². The number of furan rings is 1. The highest BCUT2D eigenvalue weighted by Gasteiger charge is 2.45. The van der Waals surface area contributed by atoms with Crippen LogP contribution in [0.3, 0.4) is 0 Å². The van der Waals surface area contributed by atoms with Gasteiger partial charge in [-0.1, -0.05) is 0 Å². The third-order valence-electron chi connectivity index (χ3n) is 4.05. The number of carbonyl (C=O) groups is 3. The molecule has 2 fully saturated rings. The van der Waals surface area contributed by atoms with Gasteiger partial charge in [-0.3, -0.25) is 19.3 Å². The highest BCUT2D eigenvalue weighted by Crippen LogP contribution is 2.47. The van der Waals surface area contributed by atoms with Gasteiger partial charge in [-0.05, 0) is 25.0 Å². The fourth-order valence-corrected chi connectivity index (χ4v) is 2.75. The molecule has 1 aromatic heterocycles. The lowest BCUT2D eigenvalue weighted by atomic mass is 10.2. The van der Waals surface area contributed by atoms with Crippen LogP contribution in [0.5, 0.6) is 0 Å². The Kier molecular flexibility index (Phi) is 3.77. The van der Waals surface area contributed by atoms with Crippen LogP contribution in [0.25, 0.3) is 0 Å². The SMILES string of the molecule is O=C(NCCCN1C(=O)CCC1=O)[C@H]1C[C@H]1c1ccco1. The van der Waals surface area contributed by atoms with Gasteiger partial charge in [-0.2, -0.15) is 0 Å². The first-order chi connectivity index (χ1) is 10.2. The maximum absolute atomic E-state index is 11.9. The van der Waals surface area contributed by atoms with Gasteiger partial charge in [0.05, 0.1) is 6.26 Å². The van der Waals surface area contributed by atoms with Gasteiger partial charge in [0, 0.05) is 37.8 Å². The van der Waals surface area contributed by atoms with Gasteiger partial charge in [0.2, 0.25) is 17.7 Å². The normalized spacial score (nSPS) is 24.5. The van der Waals surface area contributed by atoms with Crippen molar-refractivity contribution in [3.63, 3.8) is 0 Å². The maximum atomic E-state index is 11.9. The quantitative estimate of drug-likeness (QED) is 0.627. The molecule has 1 saturated heterocycles. The summed E-state index contributed by atoms with van der Waals surface area (Å²) in [5.74, 6) is 0.865. The number of hydrogen-bond donors (Lipinski definition) is 1. The minimum Gasteiger partial charge on any atom is -0.469 e. The molecule has 2 atom stereocenters. The largest absolute Gasteiger partial charge is 0.469 e. The van der Waals surface area contributed by atoms with E-state index in [1.807, 2.05) is 12.1 Å². The molecule has 1 aromatic rings. The van der Waals surface area contributed by atoms with E-state index in [0.29, 0.717) is 32.4 Å². The summed E-state index contributed by atoms with van der Waals surface area (Å²) >= 11 is 0. The lowest BCUT2D eigenvalue weighted by molar-refractivity contribution is -0.138. The van der Waals surface area contributed by atoms with Crippen LogP contribution in [-0.2, 0) is 14.4 Å². The molecule has 0 spiro atoms. The molecule has 6 nitrogen and oxygen atoms in total. The summed E-state index contributed by atoms with van der Waals surface area (Å²) in [6, 6.07) is 3.72. The first-order valence-corrected chi connectivity index (χ1v) is 7.31. The van der Waals surface area contributed by atoms with E-state index >= 15 is 0 Å². The molecular weight excluding hydrogens is 272 g/mol. The van der Waals surface area contributed by atoms with Crippen molar-refractivity contribution in [3.8, 4) is 0 Å². The molecule has 0 unspecified atom stereocenters. The number of nitrogens with one attached hydrogen (secondary N) is 1. The first-order valence-electron chi connectivity index (χ1n) is 7.31. The lowest BCUT2D eigenvalue weighted by Gasteiger charge is -2.13. The average molecular weight is 290 g/mol. The summed E-state index contributed by atoms with van der Waals surface area (Å²) in [6.45, 7) is 0.876. The second kappa shape index (κ2) is 5.71. The minimum atomic E-state index is -0.105. The van der Waals surface area contributed by atoms with Crippen LogP contribution in [0.15, 0.2) is 22.8 Å². The van der Waals surface area contributed by atoms with Gasteiger partial charge < -0.3 is 9.73 Å². The average Bonchev–Trinajstić information content (AvgIpc) is 2.96. The van der Waals surface area contributed by atoms with Gasteiger partial charge in [-0.15, -0.1) is 0 Å². The van der Waals surface area contributed by atoms with Crippen molar-refractivity contribution in [1.29, 1.82) is 0 Å². The van der Waals surface area contributed by atoms with Crippen LogP contribution < -0.4 is 5.32 Å². The van der Waals surface area contributed by atoms with E-state index in [-0.39, 0.29) is 29.6 Å².